The van der Waals surface area contributed by atoms with Gasteiger partial charge in [-0.25, -0.2) is 0 Å². The zero-order chi connectivity index (χ0) is 10.8. The lowest BCUT2D eigenvalue weighted by Crippen LogP contribution is -2.33. The Hall–Kier alpha value is -1.05. The summed E-state index contributed by atoms with van der Waals surface area (Å²) in [5.74, 6) is 1.30. The van der Waals surface area contributed by atoms with Crippen LogP contribution < -0.4 is 0 Å². The van der Waals surface area contributed by atoms with E-state index in [1.165, 1.54) is 6.92 Å². The molecular weight excluding hydrogens is 184 g/mol. The van der Waals surface area contributed by atoms with Gasteiger partial charge in [-0.1, -0.05) is 5.92 Å². The largest absolute Gasteiger partial charge is 0.446 e. The zero-order valence-corrected chi connectivity index (χ0v) is 8.57. The Morgan fingerprint density at radius 3 is 2.71 bits per heavy atom. The van der Waals surface area contributed by atoms with Crippen LogP contribution in [-0.2, 0) is 19.0 Å². The van der Waals surface area contributed by atoms with Crippen molar-refractivity contribution >= 4 is 5.97 Å². The molecule has 14 heavy (non-hydrogen) atoms. The maximum absolute atomic E-state index is 10.7. The highest BCUT2D eigenvalue weighted by molar-refractivity contribution is 5.66. The van der Waals surface area contributed by atoms with Crippen LogP contribution in [0, 0.1) is 12.3 Å². The summed E-state index contributed by atoms with van der Waals surface area (Å²) in [7, 11) is 0. The lowest BCUT2D eigenvalue weighted by molar-refractivity contribution is -0.163. The Morgan fingerprint density at radius 2 is 2.36 bits per heavy atom. The van der Waals surface area contributed by atoms with Crippen LogP contribution in [0.3, 0.4) is 0 Å². The van der Waals surface area contributed by atoms with Crippen LogP contribution in [0.5, 0.6) is 0 Å². The molecule has 0 saturated carbocycles. The smallest absolute Gasteiger partial charge is 0.303 e. The molecule has 4 heteroatoms. The van der Waals surface area contributed by atoms with Gasteiger partial charge in [0.05, 0.1) is 6.61 Å². The van der Waals surface area contributed by atoms with E-state index in [1.54, 1.807) is 13.8 Å². The highest BCUT2D eigenvalue weighted by Gasteiger charge is 2.38. The van der Waals surface area contributed by atoms with Crippen molar-refractivity contribution in [3.05, 3.63) is 0 Å². The van der Waals surface area contributed by atoms with Gasteiger partial charge in [0.25, 0.3) is 0 Å². The standard InChI is InChI=1S/C10H14O4/c1-5-8(13-7(2)11)9-6-12-10(3,4)14-9/h1,8-9H,6H2,2-4H3. The summed E-state index contributed by atoms with van der Waals surface area (Å²) in [5.41, 5.74) is 0. The average Bonchev–Trinajstić information content (AvgIpc) is 2.41. The van der Waals surface area contributed by atoms with Gasteiger partial charge in [-0.3, -0.25) is 4.79 Å². The van der Waals surface area contributed by atoms with Crippen LogP contribution in [0.25, 0.3) is 0 Å². The summed E-state index contributed by atoms with van der Waals surface area (Å²) in [6.45, 7) is 5.23. The normalized spacial score (nSPS) is 26.6. The highest BCUT2D eigenvalue weighted by atomic mass is 16.7. The predicted molar refractivity (Wildman–Crippen MR) is 49.3 cm³/mol. The molecule has 2 atom stereocenters. The zero-order valence-electron chi connectivity index (χ0n) is 8.57. The van der Waals surface area contributed by atoms with E-state index in [4.69, 9.17) is 20.6 Å². The van der Waals surface area contributed by atoms with Gasteiger partial charge in [0.2, 0.25) is 0 Å². The van der Waals surface area contributed by atoms with Crippen molar-refractivity contribution in [3.63, 3.8) is 0 Å². The molecule has 1 heterocycles. The molecule has 78 valence electrons. The van der Waals surface area contributed by atoms with Gasteiger partial charge in [-0.15, -0.1) is 6.42 Å². The summed E-state index contributed by atoms with van der Waals surface area (Å²) in [4.78, 5) is 10.7. The number of terminal acetylenes is 1. The Bertz CT molecular complexity index is 264. The van der Waals surface area contributed by atoms with Gasteiger partial charge in [-0.05, 0) is 13.8 Å². The van der Waals surface area contributed by atoms with Crippen LogP contribution in [0.4, 0.5) is 0 Å². The molecule has 1 rings (SSSR count). The number of rotatable bonds is 2. The Labute approximate surface area is 83.5 Å². The Morgan fingerprint density at radius 1 is 1.71 bits per heavy atom. The van der Waals surface area contributed by atoms with Crippen LogP contribution in [0.1, 0.15) is 20.8 Å². The van der Waals surface area contributed by atoms with Crippen molar-refractivity contribution in [3.8, 4) is 12.3 Å². The molecule has 0 aliphatic carbocycles. The molecule has 1 fully saturated rings. The second kappa shape index (κ2) is 3.99. The van der Waals surface area contributed by atoms with Crippen LogP contribution in [0.15, 0.2) is 0 Å². The minimum absolute atomic E-state index is 0.342. The van der Waals surface area contributed by atoms with Gasteiger partial charge in [0.1, 0.15) is 6.10 Å². The molecule has 0 bridgehead atoms. The Balaban J connectivity index is 2.56. The first-order valence-corrected chi connectivity index (χ1v) is 4.40. The number of carbonyl (C=O) groups excluding carboxylic acids is 1. The summed E-state index contributed by atoms with van der Waals surface area (Å²) in [6, 6.07) is 0. The molecule has 2 unspecified atom stereocenters. The van der Waals surface area contributed by atoms with E-state index in [2.05, 4.69) is 5.92 Å². The molecule has 0 spiro atoms. The van der Waals surface area contributed by atoms with Crippen molar-refractivity contribution < 1.29 is 19.0 Å². The quantitative estimate of drug-likeness (QED) is 0.484. The summed E-state index contributed by atoms with van der Waals surface area (Å²) in [6.07, 6.45) is 4.18. The molecular formula is C10H14O4. The molecule has 0 aromatic carbocycles. The Kier molecular flexibility index (Phi) is 3.14. The maximum atomic E-state index is 10.7. The van der Waals surface area contributed by atoms with Gasteiger partial charge in [-0.2, -0.15) is 0 Å². The van der Waals surface area contributed by atoms with Gasteiger partial charge in [0.15, 0.2) is 11.9 Å². The van der Waals surface area contributed by atoms with Gasteiger partial charge in [0, 0.05) is 6.92 Å². The number of hydrogen-bond donors (Lipinski definition) is 0. The lowest BCUT2D eigenvalue weighted by Gasteiger charge is -2.20. The van der Waals surface area contributed by atoms with Crippen molar-refractivity contribution in [2.24, 2.45) is 0 Å². The first-order valence-electron chi connectivity index (χ1n) is 4.40. The monoisotopic (exact) mass is 198 g/mol. The molecule has 1 aliphatic rings. The molecule has 4 nitrogen and oxygen atoms in total. The minimum atomic E-state index is -0.672. The van der Waals surface area contributed by atoms with Crippen LogP contribution >= 0.6 is 0 Å². The fourth-order valence-electron chi connectivity index (χ4n) is 1.26. The molecule has 1 aliphatic heterocycles. The number of carbonyl (C=O) groups is 1. The fourth-order valence-corrected chi connectivity index (χ4v) is 1.26. The third kappa shape index (κ3) is 2.72. The third-order valence-corrected chi connectivity index (χ3v) is 1.83. The molecule has 0 N–H and O–H groups in total. The van der Waals surface area contributed by atoms with E-state index < -0.39 is 17.9 Å². The summed E-state index contributed by atoms with van der Waals surface area (Å²) in [5, 5.41) is 0. The van der Waals surface area contributed by atoms with Crippen LogP contribution in [-0.4, -0.2) is 30.6 Å². The van der Waals surface area contributed by atoms with Crippen molar-refractivity contribution in [1.29, 1.82) is 0 Å². The van der Waals surface area contributed by atoms with Crippen LogP contribution in [0.2, 0.25) is 0 Å². The van der Waals surface area contributed by atoms with Gasteiger partial charge < -0.3 is 14.2 Å². The number of esters is 1. The highest BCUT2D eigenvalue weighted by Crippen LogP contribution is 2.25. The third-order valence-electron chi connectivity index (χ3n) is 1.83. The van der Waals surface area contributed by atoms with E-state index in [9.17, 15) is 4.79 Å². The van der Waals surface area contributed by atoms with E-state index in [-0.39, 0.29) is 6.10 Å². The molecule has 0 aromatic rings. The first-order chi connectivity index (χ1) is 6.44. The summed E-state index contributed by atoms with van der Waals surface area (Å²) < 4.78 is 15.7. The lowest BCUT2D eigenvalue weighted by atomic mass is 10.2. The first kappa shape index (κ1) is 11.0. The van der Waals surface area contributed by atoms with Gasteiger partial charge >= 0.3 is 5.97 Å². The molecule has 0 aromatic heterocycles. The van der Waals surface area contributed by atoms with Crippen molar-refractivity contribution in [2.45, 2.75) is 38.8 Å². The second-order valence-electron chi connectivity index (χ2n) is 3.56. The fraction of sp³-hybridized carbons (Fsp3) is 0.700. The minimum Gasteiger partial charge on any atom is -0.446 e. The predicted octanol–water partition coefficient (Wildman–Crippen LogP) is 0.703. The summed E-state index contributed by atoms with van der Waals surface area (Å²) >= 11 is 0. The van der Waals surface area contributed by atoms with E-state index in [1.807, 2.05) is 0 Å². The molecule has 0 radical (unpaired) electrons. The van der Waals surface area contributed by atoms with E-state index in [0.717, 1.165) is 0 Å². The van der Waals surface area contributed by atoms with Crippen molar-refractivity contribution in [1.82, 2.24) is 0 Å². The van der Waals surface area contributed by atoms with E-state index in [0.29, 0.717) is 6.61 Å². The van der Waals surface area contributed by atoms with Crippen molar-refractivity contribution in [2.75, 3.05) is 6.61 Å². The SMILES string of the molecule is C#CC(OC(C)=O)C1COC(C)(C)O1. The maximum Gasteiger partial charge on any atom is 0.303 e. The topological polar surface area (TPSA) is 44.8 Å². The average molecular weight is 198 g/mol. The van der Waals surface area contributed by atoms with E-state index >= 15 is 0 Å². The second-order valence-corrected chi connectivity index (χ2v) is 3.56. The molecule has 1 saturated heterocycles. The molecule has 0 amide bonds. The number of ether oxygens (including phenoxy) is 3. The number of hydrogen-bond acceptors (Lipinski definition) is 4.